The Hall–Kier alpha value is -2.39. The van der Waals surface area contributed by atoms with Crippen LogP contribution in [-0.2, 0) is 9.53 Å². The molecule has 3 amide bonds. The number of morpholine rings is 1. The number of amides is 3. The number of likely N-dealkylation sites (tertiary alicyclic amines) is 2. The first-order valence-electron chi connectivity index (χ1n) is 12.0. The standard InChI is InChI=1S/C23H36N6O3/c1-2-27-9-3-4-20(27)17-25-22(30)18-7-10-29(11-8-18)23(31)26-19-5-6-21(24-16-19)28-12-14-32-15-13-28/h5-6,16,18,20H,2-4,7-15,17H2,1H3,(H,25,30)(H,26,31)/t20-/m1/s1. The van der Waals surface area contributed by atoms with Crippen molar-refractivity contribution in [3.8, 4) is 0 Å². The van der Waals surface area contributed by atoms with Crippen LogP contribution in [0.15, 0.2) is 18.3 Å². The Morgan fingerprint density at radius 3 is 2.56 bits per heavy atom. The molecular formula is C23H36N6O3. The van der Waals surface area contributed by atoms with E-state index in [1.54, 1.807) is 11.1 Å². The average molecular weight is 445 g/mol. The average Bonchev–Trinajstić information content (AvgIpc) is 3.31. The van der Waals surface area contributed by atoms with Gasteiger partial charge >= 0.3 is 6.03 Å². The lowest BCUT2D eigenvalue weighted by Gasteiger charge is -2.32. The van der Waals surface area contributed by atoms with Gasteiger partial charge < -0.3 is 25.2 Å². The number of hydrogen-bond donors (Lipinski definition) is 2. The van der Waals surface area contributed by atoms with E-state index >= 15 is 0 Å². The Morgan fingerprint density at radius 2 is 1.88 bits per heavy atom. The van der Waals surface area contributed by atoms with Gasteiger partial charge in [0.2, 0.25) is 5.91 Å². The molecule has 3 aliphatic heterocycles. The fourth-order valence-electron chi connectivity index (χ4n) is 4.89. The van der Waals surface area contributed by atoms with Crippen LogP contribution in [0.2, 0.25) is 0 Å². The number of likely N-dealkylation sites (N-methyl/N-ethyl adjacent to an activating group) is 1. The van der Waals surface area contributed by atoms with Crippen molar-refractivity contribution in [1.82, 2.24) is 20.1 Å². The van der Waals surface area contributed by atoms with Gasteiger partial charge in [0.15, 0.2) is 0 Å². The lowest BCUT2D eigenvalue weighted by Crippen LogP contribution is -2.46. The van der Waals surface area contributed by atoms with Gasteiger partial charge in [-0.15, -0.1) is 0 Å². The number of carbonyl (C=O) groups excluding carboxylic acids is 2. The summed E-state index contributed by atoms with van der Waals surface area (Å²) in [5.41, 5.74) is 0.684. The third-order valence-corrected chi connectivity index (χ3v) is 6.90. The van der Waals surface area contributed by atoms with Crippen molar-refractivity contribution in [2.45, 2.75) is 38.6 Å². The summed E-state index contributed by atoms with van der Waals surface area (Å²) in [7, 11) is 0. The maximum Gasteiger partial charge on any atom is 0.321 e. The number of urea groups is 1. The van der Waals surface area contributed by atoms with Gasteiger partial charge in [0.25, 0.3) is 0 Å². The van der Waals surface area contributed by atoms with Crippen molar-refractivity contribution in [1.29, 1.82) is 0 Å². The minimum atomic E-state index is -0.130. The highest BCUT2D eigenvalue weighted by Gasteiger charge is 2.29. The van der Waals surface area contributed by atoms with Crippen molar-refractivity contribution in [2.75, 3.05) is 69.2 Å². The Labute approximate surface area is 190 Å². The topological polar surface area (TPSA) is 90.0 Å². The second-order valence-corrected chi connectivity index (χ2v) is 8.87. The fourth-order valence-corrected chi connectivity index (χ4v) is 4.89. The van der Waals surface area contributed by atoms with Gasteiger partial charge in [0, 0.05) is 44.7 Å². The molecule has 1 aromatic rings. The summed E-state index contributed by atoms with van der Waals surface area (Å²) in [4.78, 5) is 36.2. The summed E-state index contributed by atoms with van der Waals surface area (Å²) in [5.74, 6) is 1.03. The van der Waals surface area contributed by atoms with Crippen LogP contribution in [0.1, 0.15) is 32.6 Å². The second-order valence-electron chi connectivity index (χ2n) is 8.87. The number of piperidine rings is 1. The highest BCUT2D eigenvalue weighted by atomic mass is 16.5. The quantitative estimate of drug-likeness (QED) is 0.695. The van der Waals surface area contributed by atoms with Crippen molar-refractivity contribution >= 4 is 23.4 Å². The normalized spacial score (nSPS) is 22.7. The molecule has 1 atom stereocenters. The zero-order chi connectivity index (χ0) is 22.3. The monoisotopic (exact) mass is 444 g/mol. The number of rotatable bonds is 6. The molecule has 0 aliphatic carbocycles. The minimum absolute atomic E-state index is 0.00926. The minimum Gasteiger partial charge on any atom is -0.378 e. The molecule has 4 heterocycles. The summed E-state index contributed by atoms with van der Waals surface area (Å²) >= 11 is 0. The summed E-state index contributed by atoms with van der Waals surface area (Å²) in [6.07, 6.45) is 5.49. The smallest absolute Gasteiger partial charge is 0.321 e. The van der Waals surface area contributed by atoms with E-state index in [4.69, 9.17) is 4.74 Å². The van der Waals surface area contributed by atoms with Crippen molar-refractivity contribution in [3.63, 3.8) is 0 Å². The van der Waals surface area contributed by atoms with E-state index in [2.05, 4.69) is 32.3 Å². The first-order chi connectivity index (χ1) is 15.6. The van der Waals surface area contributed by atoms with Gasteiger partial charge in [-0.25, -0.2) is 9.78 Å². The molecule has 0 saturated carbocycles. The molecule has 9 nitrogen and oxygen atoms in total. The lowest BCUT2D eigenvalue weighted by atomic mass is 9.96. The molecule has 0 radical (unpaired) electrons. The molecule has 0 aromatic carbocycles. The Balaban J connectivity index is 1.19. The summed E-state index contributed by atoms with van der Waals surface area (Å²) in [6, 6.07) is 4.16. The summed E-state index contributed by atoms with van der Waals surface area (Å²) < 4.78 is 5.37. The summed E-state index contributed by atoms with van der Waals surface area (Å²) in [6.45, 7) is 9.36. The molecule has 176 valence electrons. The molecule has 32 heavy (non-hydrogen) atoms. The highest BCUT2D eigenvalue weighted by Crippen LogP contribution is 2.21. The molecule has 9 heteroatoms. The van der Waals surface area contributed by atoms with E-state index in [-0.39, 0.29) is 17.9 Å². The fraction of sp³-hybridized carbons (Fsp3) is 0.696. The van der Waals surface area contributed by atoms with Crippen LogP contribution in [0.4, 0.5) is 16.3 Å². The molecule has 1 aromatic heterocycles. The van der Waals surface area contributed by atoms with Gasteiger partial charge in [-0.2, -0.15) is 0 Å². The van der Waals surface area contributed by atoms with E-state index in [9.17, 15) is 9.59 Å². The van der Waals surface area contributed by atoms with Gasteiger partial charge in [-0.3, -0.25) is 9.69 Å². The highest BCUT2D eigenvalue weighted by molar-refractivity contribution is 5.89. The molecule has 3 saturated heterocycles. The van der Waals surface area contributed by atoms with Crippen molar-refractivity contribution in [2.24, 2.45) is 5.92 Å². The SMILES string of the molecule is CCN1CCC[C@@H]1CNC(=O)C1CCN(C(=O)Nc2ccc(N3CCOCC3)nc2)CC1. The van der Waals surface area contributed by atoms with Crippen LogP contribution < -0.4 is 15.5 Å². The molecule has 3 fully saturated rings. The molecular weight excluding hydrogens is 408 g/mol. The first-order valence-corrected chi connectivity index (χ1v) is 12.0. The maximum atomic E-state index is 12.7. The summed E-state index contributed by atoms with van der Waals surface area (Å²) in [5, 5.41) is 6.09. The van der Waals surface area contributed by atoms with Gasteiger partial charge in [-0.1, -0.05) is 6.92 Å². The second kappa shape index (κ2) is 11.0. The number of carbonyl (C=O) groups is 2. The number of pyridine rings is 1. The molecule has 0 spiro atoms. The number of ether oxygens (including phenoxy) is 1. The lowest BCUT2D eigenvalue weighted by molar-refractivity contribution is -0.126. The van der Waals surface area contributed by atoms with E-state index in [1.165, 1.54) is 6.42 Å². The predicted molar refractivity (Wildman–Crippen MR) is 124 cm³/mol. The van der Waals surface area contributed by atoms with Crippen LogP contribution in [-0.4, -0.2) is 91.8 Å². The number of nitrogens with zero attached hydrogens (tertiary/aromatic N) is 4. The number of nitrogens with one attached hydrogen (secondary N) is 2. The third-order valence-electron chi connectivity index (χ3n) is 6.90. The van der Waals surface area contributed by atoms with Crippen molar-refractivity contribution in [3.05, 3.63) is 18.3 Å². The zero-order valence-electron chi connectivity index (χ0n) is 19.1. The van der Waals surface area contributed by atoms with E-state index in [1.807, 2.05) is 12.1 Å². The molecule has 3 aliphatic rings. The zero-order valence-corrected chi connectivity index (χ0v) is 19.1. The molecule has 0 bridgehead atoms. The first kappa shape index (κ1) is 22.8. The largest absolute Gasteiger partial charge is 0.378 e. The molecule has 0 unspecified atom stereocenters. The van der Waals surface area contributed by atoms with Gasteiger partial charge in [0.1, 0.15) is 5.82 Å². The number of hydrogen-bond acceptors (Lipinski definition) is 6. The Kier molecular flexibility index (Phi) is 7.81. The Bertz CT molecular complexity index is 760. The van der Waals surface area contributed by atoms with Crippen LogP contribution in [0, 0.1) is 5.92 Å². The van der Waals surface area contributed by atoms with E-state index < -0.39 is 0 Å². The van der Waals surface area contributed by atoms with E-state index in [0.29, 0.717) is 50.9 Å². The van der Waals surface area contributed by atoms with Crippen LogP contribution in [0.25, 0.3) is 0 Å². The third kappa shape index (κ3) is 5.69. The Morgan fingerprint density at radius 1 is 1.09 bits per heavy atom. The predicted octanol–water partition coefficient (Wildman–Crippen LogP) is 1.76. The van der Waals surface area contributed by atoms with Crippen LogP contribution >= 0.6 is 0 Å². The molecule has 4 rings (SSSR count). The van der Waals surface area contributed by atoms with Gasteiger partial charge in [0.05, 0.1) is 25.1 Å². The van der Waals surface area contributed by atoms with Gasteiger partial charge in [-0.05, 0) is 50.9 Å². The maximum absolute atomic E-state index is 12.7. The molecule has 2 N–H and O–H groups in total. The van der Waals surface area contributed by atoms with E-state index in [0.717, 1.165) is 45.0 Å². The van der Waals surface area contributed by atoms with Crippen LogP contribution in [0.3, 0.4) is 0 Å². The number of aromatic nitrogens is 1. The number of anilines is 2. The van der Waals surface area contributed by atoms with Crippen LogP contribution in [0.5, 0.6) is 0 Å². The van der Waals surface area contributed by atoms with Crippen molar-refractivity contribution < 1.29 is 14.3 Å².